The van der Waals surface area contributed by atoms with Crippen LogP contribution in [0.25, 0.3) is 0 Å². The van der Waals surface area contributed by atoms with Gasteiger partial charge in [0.2, 0.25) is 0 Å². The Morgan fingerprint density at radius 2 is 2.33 bits per heavy atom. The molecule has 0 fully saturated rings. The van der Waals surface area contributed by atoms with Crippen LogP contribution in [0.3, 0.4) is 0 Å². The van der Waals surface area contributed by atoms with Gasteiger partial charge in [0.15, 0.2) is 0 Å². The lowest BCUT2D eigenvalue weighted by Crippen LogP contribution is -2.09. The van der Waals surface area contributed by atoms with Gasteiger partial charge in [-0.25, -0.2) is 0 Å². The second-order valence-corrected chi connectivity index (χ2v) is 4.45. The minimum atomic E-state index is -0.200. The molecule has 0 N–H and O–H groups in total. The molecular weight excluding hydrogens is 250 g/mol. The van der Waals surface area contributed by atoms with E-state index in [9.17, 15) is 4.79 Å². The van der Waals surface area contributed by atoms with E-state index >= 15 is 0 Å². The fourth-order valence-electron chi connectivity index (χ4n) is 1.23. The lowest BCUT2D eigenvalue weighted by atomic mass is 10.2. The quantitative estimate of drug-likeness (QED) is 0.559. The predicted molar refractivity (Wildman–Crippen MR) is 70.6 cm³/mol. The second kappa shape index (κ2) is 8.43. The Bertz CT molecular complexity index is 428. The van der Waals surface area contributed by atoms with Gasteiger partial charge >= 0.3 is 5.97 Å². The van der Waals surface area contributed by atoms with E-state index in [1.54, 1.807) is 31.2 Å². The van der Waals surface area contributed by atoms with Crippen molar-refractivity contribution in [3.05, 3.63) is 29.8 Å². The van der Waals surface area contributed by atoms with Gasteiger partial charge in [0.1, 0.15) is 5.75 Å². The fourth-order valence-corrected chi connectivity index (χ4v) is 1.83. The molecule has 0 aromatic heterocycles. The van der Waals surface area contributed by atoms with Gasteiger partial charge in [-0.3, -0.25) is 4.79 Å². The van der Waals surface area contributed by atoms with Crippen molar-refractivity contribution >= 4 is 17.7 Å². The molecule has 0 radical (unpaired) electrons. The molecule has 5 heteroatoms. The summed E-state index contributed by atoms with van der Waals surface area (Å²) in [5.74, 6) is 1.52. The first kappa shape index (κ1) is 14.4. The summed E-state index contributed by atoms with van der Waals surface area (Å²) in [6, 6.07) is 9.05. The summed E-state index contributed by atoms with van der Waals surface area (Å²) in [6.45, 7) is 2.70. The van der Waals surface area contributed by atoms with E-state index in [0.29, 0.717) is 36.0 Å². The molecule has 0 unspecified atom stereocenters. The van der Waals surface area contributed by atoms with Gasteiger partial charge in [0.05, 0.1) is 30.6 Å². The van der Waals surface area contributed by atoms with Crippen molar-refractivity contribution in [1.82, 2.24) is 0 Å². The van der Waals surface area contributed by atoms with Crippen molar-refractivity contribution in [3.63, 3.8) is 0 Å². The first-order chi connectivity index (χ1) is 8.76. The highest BCUT2D eigenvalue weighted by atomic mass is 32.2. The van der Waals surface area contributed by atoms with Crippen LogP contribution in [-0.4, -0.2) is 30.7 Å². The molecule has 1 aromatic rings. The number of benzene rings is 1. The van der Waals surface area contributed by atoms with Crippen molar-refractivity contribution in [3.8, 4) is 11.8 Å². The maximum absolute atomic E-state index is 11.0. The van der Waals surface area contributed by atoms with Gasteiger partial charge in [0, 0.05) is 5.75 Å². The second-order valence-electron chi connectivity index (χ2n) is 3.35. The topological polar surface area (TPSA) is 59.3 Å². The summed E-state index contributed by atoms with van der Waals surface area (Å²) >= 11 is 1.47. The van der Waals surface area contributed by atoms with Crippen LogP contribution in [0.2, 0.25) is 0 Å². The van der Waals surface area contributed by atoms with Crippen LogP contribution in [0.5, 0.6) is 5.75 Å². The number of ether oxygens (including phenoxy) is 2. The van der Waals surface area contributed by atoms with E-state index in [0.717, 1.165) is 0 Å². The van der Waals surface area contributed by atoms with Crippen LogP contribution in [0.4, 0.5) is 0 Å². The van der Waals surface area contributed by atoms with Crippen molar-refractivity contribution in [2.75, 3.05) is 24.7 Å². The molecule has 0 aliphatic heterocycles. The summed E-state index contributed by atoms with van der Waals surface area (Å²) < 4.78 is 10.3. The van der Waals surface area contributed by atoms with Crippen molar-refractivity contribution in [2.45, 2.75) is 6.92 Å². The molecule has 0 atom stereocenters. The number of nitrogens with zero attached hydrogens (tertiary/aromatic N) is 1. The van der Waals surface area contributed by atoms with E-state index < -0.39 is 0 Å². The molecule has 0 spiro atoms. The Morgan fingerprint density at radius 3 is 3.06 bits per heavy atom. The predicted octanol–water partition coefficient (Wildman–Crippen LogP) is 2.23. The number of hydrogen-bond acceptors (Lipinski definition) is 5. The van der Waals surface area contributed by atoms with Crippen LogP contribution in [0, 0.1) is 11.3 Å². The fraction of sp³-hybridized carbons (Fsp3) is 0.385. The summed E-state index contributed by atoms with van der Waals surface area (Å²) in [5.41, 5.74) is 0.576. The molecule has 4 nitrogen and oxygen atoms in total. The number of carbonyl (C=O) groups excluding carboxylic acids is 1. The Hall–Kier alpha value is -1.67. The largest absolute Gasteiger partial charge is 0.493 e. The zero-order valence-electron chi connectivity index (χ0n) is 10.2. The Kier molecular flexibility index (Phi) is 6.74. The zero-order valence-corrected chi connectivity index (χ0v) is 11.0. The Morgan fingerprint density at radius 1 is 1.50 bits per heavy atom. The third-order valence-corrected chi connectivity index (χ3v) is 2.88. The number of nitriles is 1. The number of esters is 1. The maximum atomic E-state index is 11.0. The monoisotopic (exact) mass is 265 g/mol. The smallest absolute Gasteiger partial charge is 0.315 e. The molecule has 0 heterocycles. The number of thioether (sulfide) groups is 1. The van der Waals surface area contributed by atoms with Crippen LogP contribution in [0.1, 0.15) is 12.5 Å². The first-order valence-corrected chi connectivity index (χ1v) is 6.78. The number of rotatable bonds is 7. The van der Waals surface area contributed by atoms with E-state index in [4.69, 9.17) is 14.7 Å². The van der Waals surface area contributed by atoms with Gasteiger partial charge in [-0.2, -0.15) is 5.26 Å². The SMILES string of the molecule is CCOC(=O)CSCCOc1cccc(C#N)c1. The van der Waals surface area contributed by atoms with Crippen LogP contribution < -0.4 is 4.74 Å². The molecule has 0 aliphatic carbocycles. The molecule has 1 aromatic carbocycles. The molecular formula is C13H15NO3S. The van der Waals surface area contributed by atoms with Gasteiger partial charge < -0.3 is 9.47 Å². The molecule has 0 bridgehead atoms. The van der Waals surface area contributed by atoms with Crippen LogP contribution in [0.15, 0.2) is 24.3 Å². The molecule has 1 rings (SSSR count). The average Bonchev–Trinajstić information content (AvgIpc) is 2.39. The summed E-state index contributed by atoms with van der Waals surface area (Å²) in [5, 5.41) is 8.72. The summed E-state index contributed by atoms with van der Waals surface area (Å²) in [7, 11) is 0. The van der Waals surface area contributed by atoms with E-state index in [2.05, 4.69) is 6.07 Å². The minimum Gasteiger partial charge on any atom is -0.493 e. The van der Waals surface area contributed by atoms with Crippen LogP contribution in [-0.2, 0) is 9.53 Å². The summed E-state index contributed by atoms with van der Waals surface area (Å²) in [4.78, 5) is 11.0. The van der Waals surface area contributed by atoms with Crippen molar-refractivity contribution < 1.29 is 14.3 Å². The molecule has 0 amide bonds. The molecule has 18 heavy (non-hydrogen) atoms. The average molecular weight is 265 g/mol. The molecule has 96 valence electrons. The van der Waals surface area contributed by atoms with Gasteiger partial charge in [0.25, 0.3) is 0 Å². The Balaban J connectivity index is 2.18. The van der Waals surface area contributed by atoms with Crippen molar-refractivity contribution in [2.24, 2.45) is 0 Å². The van der Waals surface area contributed by atoms with E-state index in [-0.39, 0.29) is 5.97 Å². The zero-order chi connectivity index (χ0) is 13.2. The molecule has 0 saturated carbocycles. The third-order valence-electron chi connectivity index (χ3n) is 1.98. The first-order valence-electron chi connectivity index (χ1n) is 5.62. The van der Waals surface area contributed by atoms with Gasteiger partial charge in [-0.15, -0.1) is 11.8 Å². The highest BCUT2D eigenvalue weighted by molar-refractivity contribution is 7.99. The van der Waals surface area contributed by atoms with Crippen LogP contribution >= 0.6 is 11.8 Å². The maximum Gasteiger partial charge on any atom is 0.315 e. The third kappa shape index (κ3) is 5.60. The van der Waals surface area contributed by atoms with Gasteiger partial charge in [-0.1, -0.05) is 6.07 Å². The van der Waals surface area contributed by atoms with E-state index in [1.807, 2.05) is 0 Å². The van der Waals surface area contributed by atoms with E-state index in [1.165, 1.54) is 11.8 Å². The highest BCUT2D eigenvalue weighted by Gasteiger charge is 2.01. The van der Waals surface area contributed by atoms with Crippen molar-refractivity contribution in [1.29, 1.82) is 5.26 Å². The standard InChI is InChI=1S/C13H15NO3S/c1-2-16-13(15)10-18-7-6-17-12-5-3-4-11(8-12)9-14/h3-5,8H,2,6-7,10H2,1H3. The summed E-state index contributed by atoms with van der Waals surface area (Å²) in [6.07, 6.45) is 0. The highest BCUT2D eigenvalue weighted by Crippen LogP contribution is 2.13. The van der Waals surface area contributed by atoms with Gasteiger partial charge in [-0.05, 0) is 25.1 Å². The lowest BCUT2D eigenvalue weighted by Gasteiger charge is -2.06. The lowest BCUT2D eigenvalue weighted by molar-refractivity contribution is -0.139. The number of carbonyl (C=O) groups is 1. The Labute approximate surface area is 111 Å². The number of hydrogen-bond donors (Lipinski definition) is 0. The molecule has 0 saturated heterocycles. The minimum absolute atomic E-state index is 0.200. The normalized spacial score (nSPS) is 9.56. The molecule has 0 aliphatic rings.